The molecule has 2 nitrogen and oxygen atoms in total. The van der Waals surface area contributed by atoms with Gasteiger partial charge in [-0.2, -0.15) is 0 Å². The Hall–Kier alpha value is -0.600. The highest BCUT2D eigenvalue weighted by atomic mass is 16.3. The van der Waals surface area contributed by atoms with Crippen LogP contribution in [0.3, 0.4) is 0 Å². The second-order valence-electron chi connectivity index (χ2n) is 3.28. The van der Waals surface area contributed by atoms with Crippen molar-refractivity contribution >= 4 is 0 Å². The van der Waals surface area contributed by atoms with Gasteiger partial charge >= 0.3 is 0 Å². The minimum atomic E-state index is -1.02. The molecule has 0 aromatic heterocycles. The zero-order chi connectivity index (χ0) is 9.03. The third-order valence-electron chi connectivity index (χ3n) is 2.23. The quantitative estimate of drug-likeness (QED) is 0.668. The van der Waals surface area contributed by atoms with Crippen LogP contribution in [0.4, 0.5) is 0 Å². The van der Waals surface area contributed by atoms with Crippen LogP contribution in [0.5, 0.6) is 0 Å². The molecule has 2 heteroatoms. The zero-order valence-electron chi connectivity index (χ0n) is 7.40. The summed E-state index contributed by atoms with van der Waals surface area (Å²) in [6.07, 6.45) is 8.69. The van der Waals surface area contributed by atoms with Gasteiger partial charge in [-0.05, 0) is 6.42 Å². The molecular weight excluding hydrogens is 152 g/mol. The number of unbranched alkanes of at least 4 members (excludes halogenated alkanes) is 1. The Labute approximate surface area is 73.2 Å². The summed E-state index contributed by atoms with van der Waals surface area (Å²) in [5.74, 6) is 0. The Balaban J connectivity index is 2.57. The lowest BCUT2D eigenvalue weighted by Gasteiger charge is -2.29. The van der Waals surface area contributed by atoms with E-state index in [-0.39, 0.29) is 0 Å². The van der Waals surface area contributed by atoms with Crippen LogP contribution in [0.25, 0.3) is 0 Å². The number of aliphatic hydroxyl groups excluding tert-OH is 1. The van der Waals surface area contributed by atoms with E-state index >= 15 is 0 Å². The number of aliphatic hydroxyl groups is 2. The molecule has 0 spiro atoms. The fraction of sp³-hybridized carbons (Fsp3) is 0.600. The highest BCUT2D eigenvalue weighted by Crippen LogP contribution is 2.24. The first kappa shape index (κ1) is 9.49. The van der Waals surface area contributed by atoms with Gasteiger partial charge in [0.1, 0.15) is 11.7 Å². The molecule has 2 atom stereocenters. The lowest BCUT2D eigenvalue weighted by atomic mass is 9.87. The molecule has 12 heavy (non-hydrogen) atoms. The van der Waals surface area contributed by atoms with Crippen LogP contribution in [0, 0.1) is 0 Å². The second-order valence-corrected chi connectivity index (χ2v) is 3.28. The maximum absolute atomic E-state index is 9.88. The molecule has 0 radical (unpaired) electrons. The first-order valence-electron chi connectivity index (χ1n) is 4.45. The first-order valence-corrected chi connectivity index (χ1v) is 4.45. The lowest BCUT2D eigenvalue weighted by Crippen LogP contribution is -2.40. The van der Waals surface area contributed by atoms with Gasteiger partial charge in [0.2, 0.25) is 0 Å². The summed E-state index contributed by atoms with van der Waals surface area (Å²) in [6.45, 7) is 2.07. The second kappa shape index (κ2) is 3.87. The molecule has 0 saturated carbocycles. The minimum absolute atomic E-state index is 0.630. The third-order valence-corrected chi connectivity index (χ3v) is 2.23. The van der Waals surface area contributed by atoms with Crippen LogP contribution in [-0.2, 0) is 0 Å². The van der Waals surface area contributed by atoms with E-state index in [0.717, 1.165) is 12.8 Å². The van der Waals surface area contributed by atoms with Crippen LogP contribution in [0.15, 0.2) is 24.3 Å². The van der Waals surface area contributed by atoms with Crippen LogP contribution in [0.1, 0.15) is 26.2 Å². The highest BCUT2D eigenvalue weighted by Gasteiger charge is 2.31. The molecule has 0 amide bonds. The van der Waals surface area contributed by atoms with Gasteiger partial charge in [0.05, 0.1) is 0 Å². The molecule has 0 fully saturated rings. The van der Waals surface area contributed by atoms with Crippen LogP contribution in [0.2, 0.25) is 0 Å². The van der Waals surface area contributed by atoms with Crippen molar-refractivity contribution in [3.63, 3.8) is 0 Å². The Morgan fingerprint density at radius 2 is 2.17 bits per heavy atom. The largest absolute Gasteiger partial charge is 0.386 e. The molecule has 1 aliphatic rings. The fourth-order valence-corrected chi connectivity index (χ4v) is 1.35. The molecule has 1 aliphatic carbocycles. The van der Waals surface area contributed by atoms with E-state index in [1.165, 1.54) is 0 Å². The molecular formula is C10H16O2. The molecule has 0 bridgehead atoms. The predicted molar refractivity (Wildman–Crippen MR) is 48.8 cm³/mol. The molecule has 2 unspecified atom stereocenters. The van der Waals surface area contributed by atoms with Crippen LogP contribution < -0.4 is 0 Å². The van der Waals surface area contributed by atoms with Gasteiger partial charge in [0.25, 0.3) is 0 Å². The van der Waals surface area contributed by atoms with Crippen molar-refractivity contribution in [3.8, 4) is 0 Å². The number of allylic oxidation sites excluding steroid dienone is 2. The normalized spacial score (nSPS) is 34.1. The fourth-order valence-electron chi connectivity index (χ4n) is 1.35. The molecule has 0 aromatic carbocycles. The molecule has 0 saturated heterocycles. The Bertz CT molecular complexity index is 196. The van der Waals surface area contributed by atoms with Gasteiger partial charge in [0.15, 0.2) is 0 Å². The van der Waals surface area contributed by atoms with Crippen molar-refractivity contribution in [1.82, 2.24) is 0 Å². The molecule has 0 heterocycles. The van der Waals surface area contributed by atoms with Crippen molar-refractivity contribution in [2.75, 3.05) is 0 Å². The lowest BCUT2D eigenvalue weighted by molar-refractivity contribution is -0.0226. The van der Waals surface area contributed by atoms with E-state index in [0.29, 0.717) is 6.42 Å². The van der Waals surface area contributed by atoms with Gasteiger partial charge in [-0.15, -0.1) is 0 Å². The van der Waals surface area contributed by atoms with E-state index in [1.54, 1.807) is 24.3 Å². The van der Waals surface area contributed by atoms with Crippen molar-refractivity contribution < 1.29 is 10.2 Å². The SMILES string of the molecule is CCCCC1(O)C=CC=CC1O. The van der Waals surface area contributed by atoms with E-state index in [2.05, 4.69) is 6.92 Å². The van der Waals surface area contributed by atoms with Crippen molar-refractivity contribution in [2.45, 2.75) is 37.9 Å². The van der Waals surface area contributed by atoms with Crippen molar-refractivity contribution in [1.29, 1.82) is 0 Å². The molecule has 68 valence electrons. The Morgan fingerprint density at radius 1 is 1.42 bits per heavy atom. The Morgan fingerprint density at radius 3 is 2.75 bits per heavy atom. The van der Waals surface area contributed by atoms with Gasteiger partial charge in [-0.1, -0.05) is 44.1 Å². The number of hydrogen-bond acceptors (Lipinski definition) is 2. The van der Waals surface area contributed by atoms with E-state index in [9.17, 15) is 10.2 Å². The number of rotatable bonds is 3. The summed E-state index contributed by atoms with van der Waals surface area (Å²) in [7, 11) is 0. The monoisotopic (exact) mass is 168 g/mol. The topological polar surface area (TPSA) is 40.5 Å². The Kier molecular flexibility index (Phi) is 3.06. The highest BCUT2D eigenvalue weighted by molar-refractivity contribution is 5.22. The molecule has 0 aromatic rings. The van der Waals surface area contributed by atoms with Crippen LogP contribution in [-0.4, -0.2) is 21.9 Å². The number of hydrogen-bond donors (Lipinski definition) is 2. The summed E-state index contributed by atoms with van der Waals surface area (Å²) in [6, 6.07) is 0. The van der Waals surface area contributed by atoms with Gasteiger partial charge in [0, 0.05) is 0 Å². The zero-order valence-corrected chi connectivity index (χ0v) is 7.40. The van der Waals surface area contributed by atoms with E-state index in [4.69, 9.17) is 0 Å². The maximum atomic E-state index is 9.88. The molecule has 0 aliphatic heterocycles. The molecule has 2 N–H and O–H groups in total. The van der Waals surface area contributed by atoms with Gasteiger partial charge in [-0.3, -0.25) is 0 Å². The third kappa shape index (κ3) is 1.96. The predicted octanol–water partition coefficient (Wildman–Crippen LogP) is 1.39. The maximum Gasteiger partial charge on any atom is 0.112 e. The van der Waals surface area contributed by atoms with Gasteiger partial charge in [-0.25, -0.2) is 0 Å². The van der Waals surface area contributed by atoms with E-state index in [1.807, 2.05) is 0 Å². The average Bonchev–Trinajstić information content (AvgIpc) is 2.07. The smallest absolute Gasteiger partial charge is 0.112 e. The summed E-state index contributed by atoms with van der Waals surface area (Å²) < 4.78 is 0. The van der Waals surface area contributed by atoms with Crippen LogP contribution >= 0.6 is 0 Å². The molecule has 1 rings (SSSR count). The van der Waals surface area contributed by atoms with Crippen molar-refractivity contribution in [3.05, 3.63) is 24.3 Å². The summed E-state index contributed by atoms with van der Waals surface area (Å²) in [5.41, 5.74) is -1.02. The minimum Gasteiger partial charge on any atom is -0.386 e. The summed E-state index contributed by atoms with van der Waals surface area (Å²) in [4.78, 5) is 0. The summed E-state index contributed by atoms with van der Waals surface area (Å²) >= 11 is 0. The van der Waals surface area contributed by atoms with Gasteiger partial charge < -0.3 is 10.2 Å². The van der Waals surface area contributed by atoms with Crippen molar-refractivity contribution in [2.24, 2.45) is 0 Å². The first-order chi connectivity index (χ1) is 5.69. The van der Waals surface area contributed by atoms with E-state index < -0.39 is 11.7 Å². The standard InChI is InChI=1S/C10H16O2/c1-2-3-7-10(12)8-5-4-6-9(10)11/h4-6,8-9,11-12H,2-3,7H2,1H3. The average molecular weight is 168 g/mol. The summed E-state index contributed by atoms with van der Waals surface area (Å²) in [5, 5.41) is 19.3.